The minimum atomic E-state index is 0.762. The molecule has 0 atom stereocenters. The fourth-order valence-electron chi connectivity index (χ4n) is 3.27. The van der Waals surface area contributed by atoms with Crippen molar-refractivity contribution in [1.82, 2.24) is 14.9 Å². The Morgan fingerprint density at radius 2 is 1.96 bits per heavy atom. The molecule has 0 radical (unpaired) electrons. The van der Waals surface area contributed by atoms with E-state index in [-0.39, 0.29) is 0 Å². The molecule has 1 N–H and O–H groups in total. The third-order valence-corrected chi connectivity index (χ3v) is 5.93. The zero-order chi connectivity index (χ0) is 18.1. The van der Waals surface area contributed by atoms with Gasteiger partial charge in [0.15, 0.2) is 0 Å². The number of thiophene rings is 1. The van der Waals surface area contributed by atoms with E-state index in [4.69, 9.17) is 14.7 Å². The molecule has 26 heavy (non-hydrogen) atoms. The van der Waals surface area contributed by atoms with Gasteiger partial charge in [0.1, 0.15) is 16.5 Å². The number of hydrogen-bond donors (Lipinski definition) is 1. The average molecular weight is 369 g/mol. The lowest BCUT2D eigenvalue weighted by molar-refractivity contribution is 0.0331. The molecule has 5 nitrogen and oxygen atoms in total. The lowest BCUT2D eigenvalue weighted by Crippen LogP contribution is -2.36. The van der Waals surface area contributed by atoms with Gasteiger partial charge < -0.3 is 10.1 Å². The van der Waals surface area contributed by atoms with Crippen molar-refractivity contribution in [1.29, 1.82) is 0 Å². The first-order chi connectivity index (χ1) is 12.6. The first kappa shape index (κ1) is 17.4. The first-order valence-electron chi connectivity index (χ1n) is 9.00. The van der Waals surface area contributed by atoms with E-state index >= 15 is 0 Å². The van der Waals surface area contributed by atoms with E-state index in [9.17, 15) is 0 Å². The second-order valence-corrected chi connectivity index (χ2v) is 8.04. The Morgan fingerprint density at radius 3 is 2.73 bits per heavy atom. The Bertz CT molecular complexity index is 931. The number of nitrogens with zero attached hydrogens (tertiary/aromatic N) is 3. The third-order valence-electron chi connectivity index (χ3n) is 4.82. The summed E-state index contributed by atoms with van der Waals surface area (Å²) in [6.45, 7) is 10.6. The van der Waals surface area contributed by atoms with Crippen LogP contribution >= 0.6 is 11.3 Å². The summed E-state index contributed by atoms with van der Waals surface area (Å²) in [5, 5.41) is 4.67. The maximum Gasteiger partial charge on any atom is 0.146 e. The van der Waals surface area contributed by atoms with E-state index in [1.165, 1.54) is 16.0 Å². The Labute approximate surface area is 158 Å². The van der Waals surface area contributed by atoms with Crippen LogP contribution < -0.4 is 5.32 Å². The first-order valence-corrected chi connectivity index (χ1v) is 9.82. The van der Waals surface area contributed by atoms with Gasteiger partial charge >= 0.3 is 0 Å². The molecule has 1 aliphatic rings. The number of rotatable bonds is 4. The highest BCUT2D eigenvalue weighted by Gasteiger charge is 2.17. The van der Waals surface area contributed by atoms with Gasteiger partial charge in [0.2, 0.25) is 0 Å². The fourth-order valence-corrected chi connectivity index (χ4v) is 4.32. The highest BCUT2D eigenvalue weighted by molar-refractivity contribution is 7.18. The maximum atomic E-state index is 5.45. The Morgan fingerprint density at radius 1 is 1.15 bits per heavy atom. The smallest absolute Gasteiger partial charge is 0.146 e. The van der Waals surface area contributed by atoms with E-state index in [0.717, 1.165) is 60.4 Å². The molecule has 0 aliphatic carbocycles. The highest BCUT2D eigenvalue weighted by atomic mass is 32.1. The third kappa shape index (κ3) is 3.58. The number of ether oxygens (including phenoxy) is 1. The molecule has 2 aromatic heterocycles. The predicted molar refractivity (Wildman–Crippen MR) is 107 cm³/mol. The van der Waals surface area contributed by atoms with Gasteiger partial charge in [0.25, 0.3) is 0 Å². The van der Waals surface area contributed by atoms with Crippen molar-refractivity contribution in [2.75, 3.05) is 31.6 Å². The summed E-state index contributed by atoms with van der Waals surface area (Å²) in [6.07, 6.45) is 0. The van der Waals surface area contributed by atoms with Crippen molar-refractivity contribution in [3.05, 3.63) is 46.1 Å². The number of nitrogens with one attached hydrogen (secondary N) is 1. The van der Waals surface area contributed by atoms with Crippen molar-refractivity contribution >= 4 is 33.1 Å². The number of hydrogen-bond acceptors (Lipinski definition) is 6. The zero-order valence-corrected chi connectivity index (χ0v) is 16.3. The van der Waals surface area contributed by atoms with Crippen molar-refractivity contribution in [2.45, 2.75) is 27.3 Å². The number of aromatic nitrogens is 2. The summed E-state index contributed by atoms with van der Waals surface area (Å²) in [4.78, 5) is 14.5. The quantitative estimate of drug-likeness (QED) is 0.748. The molecular weight excluding hydrogens is 344 g/mol. The SMILES string of the molecule is Cc1cccc(Nc2nc(CN3CCOCC3)nc3sc(C)c(C)c23)c1. The summed E-state index contributed by atoms with van der Waals surface area (Å²) in [5.41, 5.74) is 3.55. The average Bonchev–Trinajstić information content (AvgIpc) is 2.90. The molecule has 6 heteroatoms. The summed E-state index contributed by atoms with van der Waals surface area (Å²) < 4.78 is 5.45. The van der Waals surface area contributed by atoms with Crippen LogP contribution in [-0.2, 0) is 11.3 Å². The lowest BCUT2D eigenvalue weighted by Gasteiger charge is -2.25. The molecule has 0 spiro atoms. The van der Waals surface area contributed by atoms with Gasteiger partial charge in [-0.25, -0.2) is 9.97 Å². The van der Waals surface area contributed by atoms with E-state index in [1.807, 2.05) is 0 Å². The van der Waals surface area contributed by atoms with Gasteiger partial charge in [-0.15, -0.1) is 11.3 Å². The number of fused-ring (bicyclic) bond motifs is 1. The molecule has 1 fully saturated rings. The standard InChI is InChI=1S/C20H24N4OS/c1-13-5-4-6-16(11-13)21-19-18-14(2)15(3)26-20(18)23-17(22-19)12-24-7-9-25-10-8-24/h4-6,11H,7-10,12H2,1-3H3,(H,21,22,23). The molecule has 4 rings (SSSR count). The summed E-state index contributed by atoms with van der Waals surface area (Å²) >= 11 is 1.75. The summed E-state index contributed by atoms with van der Waals surface area (Å²) in [7, 11) is 0. The Balaban J connectivity index is 1.72. The van der Waals surface area contributed by atoms with Crippen LogP contribution in [0.15, 0.2) is 24.3 Å². The summed E-state index contributed by atoms with van der Waals surface area (Å²) in [6, 6.07) is 8.39. The lowest BCUT2D eigenvalue weighted by atomic mass is 10.2. The molecule has 0 unspecified atom stereocenters. The van der Waals surface area contributed by atoms with Crippen LogP contribution in [0.2, 0.25) is 0 Å². The molecule has 1 aliphatic heterocycles. The minimum Gasteiger partial charge on any atom is -0.379 e. The van der Waals surface area contributed by atoms with Gasteiger partial charge in [-0.1, -0.05) is 12.1 Å². The molecule has 1 saturated heterocycles. The monoisotopic (exact) mass is 368 g/mol. The number of anilines is 2. The van der Waals surface area contributed by atoms with E-state index in [2.05, 4.69) is 55.3 Å². The van der Waals surface area contributed by atoms with Crippen LogP contribution in [0.4, 0.5) is 11.5 Å². The largest absolute Gasteiger partial charge is 0.379 e. The normalized spacial score (nSPS) is 15.5. The van der Waals surface area contributed by atoms with Gasteiger partial charge in [0, 0.05) is 23.7 Å². The fraction of sp³-hybridized carbons (Fsp3) is 0.400. The van der Waals surface area contributed by atoms with Crippen LogP contribution in [0.25, 0.3) is 10.2 Å². The van der Waals surface area contributed by atoms with Gasteiger partial charge in [-0.2, -0.15) is 0 Å². The second kappa shape index (κ2) is 7.31. The van der Waals surface area contributed by atoms with E-state index in [1.54, 1.807) is 11.3 Å². The molecular formula is C20H24N4OS. The van der Waals surface area contributed by atoms with Gasteiger partial charge in [-0.3, -0.25) is 4.90 Å². The second-order valence-electron chi connectivity index (χ2n) is 6.83. The molecule has 3 heterocycles. The predicted octanol–water partition coefficient (Wildman–Crippen LogP) is 4.19. The van der Waals surface area contributed by atoms with Crippen molar-refractivity contribution in [2.24, 2.45) is 0 Å². The van der Waals surface area contributed by atoms with E-state index in [0.29, 0.717) is 0 Å². The molecule has 0 amide bonds. The van der Waals surface area contributed by atoms with Crippen LogP contribution in [0.3, 0.4) is 0 Å². The number of benzene rings is 1. The summed E-state index contributed by atoms with van der Waals surface area (Å²) in [5.74, 6) is 1.78. The van der Waals surface area contributed by atoms with Crippen LogP contribution in [0.1, 0.15) is 21.8 Å². The highest BCUT2D eigenvalue weighted by Crippen LogP contribution is 2.34. The van der Waals surface area contributed by atoms with Crippen molar-refractivity contribution in [3.63, 3.8) is 0 Å². The zero-order valence-electron chi connectivity index (χ0n) is 15.5. The van der Waals surface area contributed by atoms with Crippen LogP contribution in [-0.4, -0.2) is 41.2 Å². The van der Waals surface area contributed by atoms with Crippen LogP contribution in [0, 0.1) is 20.8 Å². The van der Waals surface area contributed by atoms with Gasteiger partial charge in [0.05, 0.1) is 25.1 Å². The minimum absolute atomic E-state index is 0.762. The Kier molecular flexibility index (Phi) is 4.89. The Hall–Kier alpha value is -2.02. The molecule has 0 bridgehead atoms. The maximum absolute atomic E-state index is 5.45. The molecule has 0 saturated carbocycles. The number of aryl methyl sites for hydroxylation is 3. The van der Waals surface area contributed by atoms with Crippen molar-refractivity contribution in [3.8, 4) is 0 Å². The van der Waals surface area contributed by atoms with Crippen molar-refractivity contribution < 1.29 is 4.74 Å². The molecule has 3 aromatic rings. The van der Waals surface area contributed by atoms with E-state index < -0.39 is 0 Å². The molecule has 1 aromatic carbocycles. The number of morpholine rings is 1. The topological polar surface area (TPSA) is 50.3 Å². The molecule has 136 valence electrons. The van der Waals surface area contributed by atoms with Crippen LogP contribution in [0.5, 0.6) is 0 Å². The van der Waals surface area contributed by atoms with Gasteiger partial charge in [-0.05, 0) is 44.0 Å².